The first-order valence-electron chi connectivity index (χ1n) is 6.81. The topological polar surface area (TPSA) is 91.1 Å². The van der Waals surface area contributed by atoms with Crippen molar-refractivity contribution in [3.05, 3.63) is 29.2 Å². The molecule has 1 atom stereocenters. The minimum absolute atomic E-state index is 0.514. The molecule has 20 heavy (non-hydrogen) atoms. The molecule has 3 heterocycles. The number of β-amino-alcohol motifs (C(OH)–C–C–N with tert-alkyl or cyclic N) is 1. The zero-order valence-corrected chi connectivity index (χ0v) is 11.8. The highest BCUT2D eigenvalue weighted by molar-refractivity contribution is 5.09. The molecule has 7 nitrogen and oxygen atoms in total. The number of nitrogens with one attached hydrogen (secondary N) is 1. The van der Waals surface area contributed by atoms with Crippen LogP contribution in [0.15, 0.2) is 10.6 Å². The molecule has 0 bridgehead atoms. The molecule has 108 valence electrons. The Morgan fingerprint density at radius 1 is 1.50 bits per heavy atom. The fourth-order valence-electron chi connectivity index (χ4n) is 2.69. The minimum Gasteiger partial charge on any atom is -0.444 e. The van der Waals surface area contributed by atoms with Gasteiger partial charge in [0, 0.05) is 6.54 Å². The number of piperidine rings is 1. The van der Waals surface area contributed by atoms with Crippen LogP contribution in [0.1, 0.15) is 35.9 Å². The van der Waals surface area contributed by atoms with E-state index in [1.165, 1.54) is 0 Å². The molecule has 0 saturated carbocycles. The molecule has 1 aliphatic rings. The summed E-state index contributed by atoms with van der Waals surface area (Å²) in [6.45, 7) is 5.88. The number of likely N-dealkylation sites (tertiary alicyclic amines) is 1. The Hall–Kier alpha value is -1.73. The molecular weight excluding hydrogens is 258 g/mol. The van der Waals surface area contributed by atoms with Crippen LogP contribution in [0.25, 0.3) is 0 Å². The summed E-state index contributed by atoms with van der Waals surface area (Å²) in [6, 6.07) is 0. The first-order valence-corrected chi connectivity index (χ1v) is 6.81. The van der Waals surface area contributed by atoms with Crippen molar-refractivity contribution in [3.63, 3.8) is 0 Å². The van der Waals surface area contributed by atoms with Gasteiger partial charge in [-0.05, 0) is 33.2 Å². The molecule has 2 aromatic rings. The third-order valence-corrected chi connectivity index (χ3v) is 3.87. The van der Waals surface area contributed by atoms with E-state index in [1.54, 1.807) is 6.20 Å². The molecule has 0 unspecified atom stereocenters. The van der Waals surface area contributed by atoms with Crippen LogP contribution in [0.3, 0.4) is 0 Å². The fraction of sp³-hybridized carbons (Fsp3) is 0.615. The second-order valence-electron chi connectivity index (χ2n) is 5.45. The summed E-state index contributed by atoms with van der Waals surface area (Å²) in [5.74, 6) is 1.55. The molecule has 2 N–H and O–H groups in total. The Kier molecular flexibility index (Phi) is 3.31. The second kappa shape index (κ2) is 4.99. The molecule has 1 aliphatic heterocycles. The average Bonchev–Trinajstić information content (AvgIpc) is 3.01. The van der Waals surface area contributed by atoms with E-state index in [0.717, 1.165) is 24.4 Å². The van der Waals surface area contributed by atoms with E-state index in [4.69, 9.17) is 4.42 Å². The van der Waals surface area contributed by atoms with Gasteiger partial charge in [0.2, 0.25) is 5.89 Å². The smallest absolute Gasteiger partial charge is 0.208 e. The van der Waals surface area contributed by atoms with Gasteiger partial charge >= 0.3 is 0 Å². The first-order chi connectivity index (χ1) is 9.57. The van der Waals surface area contributed by atoms with Gasteiger partial charge in [0.05, 0.1) is 18.4 Å². The minimum atomic E-state index is -0.943. The molecule has 7 heteroatoms. The summed E-state index contributed by atoms with van der Waals surface area (Å²) < 4.78 is 5.61. The van der Waals surface area contributed by atoms with Crippen LogP contribution in [0.5, 0.6) is 0 Å². The van der Waals surface area contributed by atoms with Crippen molar-refractivity contribution in [2.75, 3.05) is 13.1 Å². The van der Waals surface area contributed by atoms with Crippen molar-refractivity contribution in [1.82, 2.24) is 25.3 Å². The third kappa shape index (κ3) is 2.46. The number of rotatable bonds is 3. The van der Waals surface area contributed by atoms with E-state index in [9.17, 15) is 5.11 Å². The van der Waals surface area contributed by atoms with E-state index < -0.39 is 5.60 Å². The molecular formula is C13H19N5O2. The molecule has 1 saturated heterocycles. The van der Waals surface area contributed by atoms with Crippen molar-refractivity contribution in [3.8, 4) is 0 Å². The lowest BCUT2D eigenvalue weighted by molar-refractivity contribution is -0.0433. The van der Waals surface area contributed by atoms with Gasteiger partial charge in [-0.25, -0.2) is 4.98 Å². The van der Waals surface area contributed by atoms with E-state index >= 15 is 0 Å². The summed E-state index contributed by atoms with van der Waals surface area (Å²) in [5, 5.41) is 21.1. The van der Waals surface area contributed by atoms with Crippen LogP contribution in [-0.2, 0) is 12.1 Å². The lowest BCUT2D eigenvalue weighted by Gasteiger charge is -2.37. The summed E-state index contributed by atoms with van der Waals surface area (Å²) in [4.78, 5) is 6.53. The molecule has 2 aromatic heterocycles. The quantitative estimate of drug-likeness (QED) is 0.866. The summed E-state index contributed by atoms with van der Waals surface area (Å²) in [7, 11) is 0. The van der Waals surface area contributed by atoms with Crippen LogP contribution in [0.2, 0.25) is 0 Å². The van der Waals surface area contributed by atoms with Gasteiger partial charge in [-0.1, -0.05) is 0 Å². The SMILES string of the molecule is Cc1nc(CN2CCC[C@](O)(c3cn[nH]n3)C2)oc1C. The highest BCUT2D eigenvalue weighted by Crippen LogP contribution is 2.30. The number of H-pyrrole nitrogens is 1. The Bertz CT molecular complexity index is 560. The number of hydrogen-bond acceptors (Lipinski definition) is 6. The molecule has 1 fully saturated rings. The summed E-state index contributed by atoms with van der Waals surface area (Å²) in [6.07, 6.45) is 3.19. The van der Waals surface area contributed by atoms with Gasteiger partial charge < -0.3 is 9.52 Å². The van der Waals surface area contributed by atoms with Crippen molar-refractivity contribution in [1.29, 1.82) is 0 Å². The standard InChI is InChI=1S/C13H19N5O2/c1-9-10(2)20-12(15-9)7-18-5-3-4-13(19,8-18)11-6-14-17-16-11/h6,19H,3-5,7-8H2,1-2H3,(H,14,16,17)/t13-/m1/s1. The van der Waals surface area contributed by atoms with Crippen LogP contribution in [0, 0.1) is 13.8 Å². The van der Waals surface area contributed by atoms with E-state index in [1.807, 2.05) is 13.8 Å². The summed E-state index contributed by atoms with van der Waals surface area (Å²) in [5.41, 5.74) is 0.577. The predicted octanol–water partition coefficient (Wildman–Crippen LogP) is 0.893. The molecule has 3 rings (SSSR count). The maximum absolute atomic E-state index is 10.7. The monoisotopic (exact) mass is 277 g/mol. The van der Waals surface area contributed by atoms with Crippen LogP contribution >= 0.6 is 0 Å². The Morgan fingerprint density at radius 2 is 2.35 bits per heavy atom. The van der Waals surface area contributed by atoms with Gasteiger partial charge in [-0.15, -0.1) is 0 Å². The van der Waals surface area contributed by atoms with Crippen LogP contribution in [-0.4, -0.2) is 43.5 Å². The number of oxazole rings is 1. The lowest BCUT2D eigenvalue weighted by atomic mass is 9.90. The lowest BCUT2D eigenvalue weighted by Crippen LogP contribution is -2.46. The Labute approximate surface area is 117 Å². The third-order valence-electron chi connectivity index (χ3n) is 3.87. The number of aromatic amines is 1. The highest BCUT2D eigenvalue weighted by Gasteiger charge is 2.37. The van der Waals surface area contributed by atoms with Crippen LogP contribution in [0.4, 0.5) is 0 Å². The van der Waals surface area contributed by atoms with Gasteiger partial charge in [0.25, 0.3) is 0 Å². The number of aromatic nitrogens is 4. The number of aryl methyl sites for hydroxylation is 2. The van der Waals surface area contributed by atoms with Crippen molar-refractivity contribution in [2.24, 2.45) is 0 Å². The van der Waals surface area contributed by atoms with Gasteiger partial charge in [0.1, 0.15) is 17.1 Å². The molecule has 0 radical (unpaired) electrons. The maximum atomic E-state index is 10.7. The predicted molar refractivity (Wildman–Crippen MR) is 70.8 cm³/mol. The highest BCUT2D eigenvalue weighted by atomic mass is 16.4. The second-order valence-corrected chi connectivity index (χ2v) is 5.45. The average molecular weight is 277 g/mol. The fourth-order valence-corrected chi connectivity index (χ4v) is 2.69. The van der Waals surface area contributed by atoms with Crippen molar-refractivity contribution >= 4 is 0 Å². The van der Waals surface area contributed by atoms with Crippen molar-refractivity contribution < 1.29 is 9.52 Å². The molecule has 0 aliphatic carbocycles. The number of aliphatic hydroxyl groups is 1. The maximum Gasteiger partial charge on any atom is 0.208 e. The van der Waals surface area contributed by atoms with Crippen molar-refractivity contribution in [2.45, 2.75) is 38.8 Å². The van der Waals surface area contributed by atoms with Gasteiger partial charge in [-0.3, -0.25) is 4.90 Å². The summed E-state index contributed by atoms with van der Waals surface area (Å²) >= 11 is 0. The normalized spacial score (nSPS) is 24.1. The number of nitrogens with zero attached hydrogens (tertiary/aromatic N) is 4. The van der Waals surface area contributed by atoms with Gasteiger partial charge in [-0.2, -0.15) is 15.4 Å². The van der Waals surface area contributed by atoms with E-state index in [0.29, 0.717) is 31.1 Å². The zero-order chi connectivity index (χ0) is 14.2. The molecule has 0 amide bonds. The largest absolute Gasteiger partial charge is 0.444 e. The van der Waals surface area contributed by atoms with E-state index in [2.05, 4.69) is 25.3 Å². The van der Waals surface area contributed by atoms with E-state index in [-0.39, 0.29) is 0 Å². The molecule has 0 spiro atoms. The Morgan fingerprint density at radius 3 is 3.00 bits per heavy atom. The first kappa shape index (κ1) is 13.3. The molecule has 0 aromatic carbocycles. The number of hydrogen-bond donors (Lipinski definition) is 2. The van der Waals surface area contributed by atoms with Crippen LogP contribution < -0.4 is 0 Å². The Balaban J connectivity index is 1.72. The van der Waals surface area contributed by atoms with Gasteiger partial charge in [0.15, 0.2) is 0 Å². The zero-order valence-electron chi connectivity index (χ0n) is 11.8.